The van der Waals surface area contributed by atoms with E-state index in [4.69, 9.17) is 4.42 Å². The standard InChI is InChI=1S/C46H28N2OS/c1-2-11-29(12-3-1)30-21-23-42-37(27-30)38-28-31(22-24-43(38)49-42)32-16-10-17-36-35-15-6-9-20-41(35)48(46(32)36)45-26-25-44(50-45)47-39-18-7-4-13-33(39)34-14-5-8-19-40(34)47/h1-28H. The topological polar surface area (TPSA) is 23.0 Å². The Labute approximate surface area is 291 Å². The Balaban J connectivity index is 1.14. The molecule has 0 spiro atoms. The highest BCUT2D eigenvalue weighted by atomic mass is 32.1. The predicted molar refractivity (Wildman–Crippen MR) is 211 cm³/mol. The minimum Gasteiger partial charge on any atom is -0.456 e. The van der Waals surface area contributed by atoms with Crippen molar-refractivity contribution in [3.8, 4) is 32.3 Å². The van der Waals surface area contributed by atoms with Crippen LogP contribution in [0.25, 0.3) is 97.8 Å². The van der Waals surface area contributed by atoms with Crippen molar-refractivity contribution in [2.24, 2.45) is 0 Å². The lowest BCUT2D eigenvalue weighted by molar-refractivity contribution is 0.669. The number of nitrogens with zero attached hydrogens (tertiary/aromatic N) is 2. The molecule has 0 unspecified atom stereocenters. The van der Waals surface area contributed by atoms with Gasteiger partial charge in [0.2, 0.25) is 0 Å². The number of rotatable bonds is 4. The van der Waals surface area contributed by atoms with E-state index >= 15 is 0 Å². The van der Waals surface area contributed by atoms with Gasteiger partial charge in [-0.3, -0.25) is 4.57 Å². The van der Waals surface area contributed by atoms with Gasteiger partial charge in [-0.15, -0.1) is 0 Å². The van der Waals surface area contributed by atoms with Crippen LogP contribution in [0.1, 0.15) is 0 Å². The Kier molecular flexibility index (Phi) is 5.83. The third-order valence-electron chi connectivity index (χ3n) is 10.2. The summed E-state index contributed by atoms with van der Waals surface area (Å²) >= 11 is 1.83. The third kappa shape index (κ3) is 3.97. The molecule has 234 valence electrons. The second kappa shape index (κ2) is 10.6. The summed E-state index contributed by atoms with van der Waals surface area (Å²) in [6, 6.07) is 61.2. The molecule has 11 aromatic rings. The fourth-order valence-electron chi connectivity index (χ4n) is 7.95. The molecule has 0 saturated carbocycles. The predicted octanol–water partition coefficient (Wildman–Crippen LogP) is 13.2. The number of para-hydroxylation sites is 4. The summed E-state index contributed by atoms with van der Waals surface area (Å²) in [6.07, 6.45) is 0. The molecule has 0 bridgehead atoms. The Bertz CT molecular complexity index is 3050. The lowest BCUT2D eigenvalue weighted by atomic mass is 9.99. The Morgan fingerprint density at radius 2 is 0.880 bits per heavy atom. The van der Waals surface area contributed by atoms with E-state index in [1.54, 1.807) is 0 Å². The fourth-order valence-corrected chi connectivity index (χ4v) is 9.01. The molecule has 0 aliphatic rings. The van der Waals surface area contributed by atoms with Crippen LogP contribution in [0.15, 0.2) is 174 Å². The monoisotopic (exact) mass is 656 g/mol. The molecule has 0 fully saturated rings. The van der Waals surface area contributed by atoms with Crippen molar-refractivity contribution in [3.05, 3.63) is 170 Å². The maximum absolute atomic E-state index is 6.36. The summed E-state index contributed by atoms with van der Waals surface area (Å²) in [4.78, 5) is 0. The van der Waals surface area contributed by atoms with Crippen LogP contribution < -0.4 is 0 Å². The molecule has 0 aliphatic carbocycles. The number of benzene rings is 7. The first-order valence-corrected chi connectivity index (χ1v) is 17.7. The molecule has 0 aliphatic heterocycles. The van der Waals surface area contributed by atoms with Crippen molar-refractivity contribution in [2.45, 2.75) is 0 Å². The second-order valence-electron chi connectivity index (χ2n) is 12.9. The van der Waals surface area contributed by atoms with Crippen LogP contribution >= 0.6 is 11.3 Å². The number of thiophene rings is 1. The fraction of sp³-hybridized carbons (Fsp3) is 0. The van der Waals surface area contributed by atoms with Gasteiger partial charge >= 0.3 is 0 Å². The second-order valence-corrected chi connectivity index (χ2v) is 14.0. The Hall–Kier alpha value is -6.36. The van der Waals surface area contributed by atoms with Gasteiger partial charge in [-0.1, -0.05) is 127 Å². The number of furan rings is 1. The largest absolute Gasteiger partial charge is 0.456 e. The molecule has 0 N–H and O–H groups in total. The van der Waals surface area contributed by atoms with Gasteiger partial charge in [0.05, 0.1) is 22.1 Å². The van der Waals surface area contributed by atoms with Crippen LogP contribution in [0.3, 0.4) is 0 Å². The first-order chi connectivity index (χ1) is 24.8. The van der Waals surface area contributed by atoms with E-state index in [1.807, 2.05) is 11.3 Å². The lowest BCUT2D eigenvalue weighted by Gasteiger charge is -2.10. The van der Waals surface area contributed by atoms with E-state index in [9.17, 15) is 0 Å². The maximum atomic E-state index is 6.36. The van der Waals surface area contributed by atoms with Crippen LogP contribution in [-0.2, 0) is 0 Å². The SMILES string of the molecule is c1ccc(-c2ccc3oc4ccc(-c5cccc6c7ccccc7n(-c7ccc(-n8c9ccccc9c9ccccc98)s7)c56)cc4c3c2)cc1. The van der Waals surface area contributed by atoms with Gasteiger partial charge in [0.1, 0.15) is 21.2 Å². The average molecular weight is 657 g/mol. The van der Waals surface area contributed by atoms with Crippen molar-refractivity contribution in [1.82, 2.24) is 9.13 Å². The van der Waals surface area contributed by atoms with E-state index < -0.39 is 0 Å². The van der Waals surface area contributed by atoms with Crippen LogP contribution in [0.4, 0.5) is 0 Å². The van der Waals surface area contributed by atoms with E-state index in [-0.39, 0.29) is 0 Å². The molecule has 4 heterocycles. The van der Waals surface area contributed by atoms with E-state index in [1.165, 1.54) is 75.9 Å². The molecule has 7 aromatic carbocycles. The Morgan fingerprint density at radius 3 is 1.56 bits per heavy atom. The molecule has 0 saturated heterocycles. The van der Waals surface area contributed by atoms with Crippen molar-refractivity contribution in [2.75, 3.05) is 0 Å². The zero-order valence-corrected chi connectivity index (χ0v) is 27.7. The molecule has 11 rings (SSSR count). The average Bonchev–Trinajstić information content (AvgIpc) is 3.95. The summed E-state index contributed by atoms with van der Waals surface area (Å²) in [5.74, 6) is 0. The van der Waals surface area contributed by atoms with E-state index in [0.717, 1.165) is 21.9 Å². The van der Waals surface area contributed by atoms with Gasteiger partial charge < -0.3 is 8.98 Å². The molecule has 3 nitrogen and oxygen atoms in total. The van der Waals surface area contributed by atoms with Gasteiger partial charge in [-0.05, 0) is 71.3 Å². The minimum absolute atomic E-state index is 0.899. The summed E-state index contributed by atoms with van der Waals surface area (Å²) in [5.41, 5.74) is 11.4. The van der Waals surface area contributed by atoms with Crippen LogP contribution in [-0.4, -0.2) is 9.13 Å². The van der Waals surface area contributed by atoms with Crippen molar-refractivity contribution in [1.29, 1.82) is 0 Å². The molecule has 50 heavy (non-hydrogen) atoms. The molecule has 0 radical (unpaired) electrons. The van der Waals surface area contributed by atoms with Crippen molar-refractivity contribution in [3.63, 3.8) is 0 Å². The Morgan fingerprint density at radius 1 is 0.360 bits per heavy atom. The van der Waals surface area contributed by atoms with Gasteiger partial charge in [0.25, 0.3) is 0 Å². The highest BCUT2D eigenvalue weighted by Gasteiger charge is 2.20. The highest BCUT2D eigenvalue weighted by molar-refractivity contribution is 7.17. The highest BCUT2D eigenvalue weighted by Crippen LogP contribution is 2.43. The van der Waals surface area contributed by atoms with Crippen LogP contribution in [0, 0.1) is 0 Å². The smallest absolute Gasteiger partial charge is 0.135 e. The molecular weight excluding hydrogens is 629 g/mol. The van der Waals surface area contributed by atoms with Gasteiger partial charge in [-0.2, -0.15) is 0 Å². The summed E-state index contributed by atoms with van der Waals surface area (Å²) < 4.78 is 11.2. The third-order valence-corrected chi connectivity index (χ3v) is 11.2. The molecule has 0 atom stereocenters. The molecule has 0 amide bonds. The first-order valence-electron chi connectivity index (χ1n) is 16.9. The van der Waals surface area contributed by atoms with E-state index in [0.29, 0.717) is 0 Å². The minimum atomic E-state index is 0.899. The lowest BCUT2D eigenvalue weighted by Crippen LogP contribution is -1.93. The van der Waals surface area contributed by atoms with Crippen LogP contribution in [0.5, 0.6) is 0 Å². The maximum Gasteiger partial charge on any atom is 0.135 e. The first kappa shape index (κ1) is 27.6. The number of fused-ring (bicyclic) bond motifs is 9. The zero-order valence-electron chi connectivity index (χ0n) is 26.9. The van der Waals surface area contributed by atoms with Crippen LogP contribution in [0.2, 0.25) is 0 Å². The number of aromatic nitrogens is 2. The van der Waals surface area contributed by atoms with Gasteiger partial charge in [0.15, 0.2) is 0 Å². The quantitative estimate of drug-likeness (QED) is 0.185. The molecular formula is C46H28N2OS. The number of hydrogen-bond donors (Lipinski definition) is 0. The van der Waals surface area contributed by atoms with Crippen molar-refractivity contribution < 1.29 is 4.42 Å². The zero-order chi connectivity index (χ0) is 32.8. The van der Waals surface area contributed by atoms with E-state index in [2.05, 4.69) is 179 Å². The molecule has 4 aromatic heterocycles. The summed E-state index contributed by atoms with van der Waals surface area (Å²) in [6.45, 7) is 0. The summed E-state index contributed by atoms with van der Waals surface area (Å²) in [5, 5.41) is 9.67. The summed E-state index contributed by atoms with van der Waals surface area (Å²) in [7, 11) is 0. The van der Waals surface area contributed by atoms with Crippen molar-refractivity contribution >= 4 is 76.9 Å². The van der Waals surface area contributed by atoms with Gasteiger partial charge in [0, 0.05) is 37.9 Å². The number of hydrogen-bond acceptors (Lipinski definition) is 2. The molecule has 4 heteroatoms. The normalized spacial score (nSPS) is 12.0. The van der Waals surface area contributed by atoms with Gasteiger partial charge in [-0.25, -0.2) is 0 Å².